The molecule has 1 atom stereocenters. The van der Waals surface area contributed by atoms with Crippen molar-refractivity contribution in [2.45, 2.75) is 13.0 Å². The van der Waals surface area contributed by atoms with Crippen LogP contribution in [0.5, 0.6) is 11.5 Å². The van der Waals surface area contributed by atoms with E-state index in [1.807, 2.05) is 49.4 Å². The van der Waals surface area contributed by atoms with E-state index in [0.29, 0.717) is 28.8 Å². The first-order valence-corrected chi connectivity index (χ1v) is 9.94. The zero-order valence-electron chi connectivity index (χ0n) is 17.1. The topological polar surface area (TPSA) is 56.8 Å². The first-order chi connectivity index (χ1) is 14.6. The van der Waals surface area contributed by atoms with Crippen molar-refractivity contribution < 1.29 is 19.0 Å². The van der Waals surface area contributed by atoms with Gasteiger partial charge in [0.1, 0.15) is 0 Å². The third-order valence-electron chi connectivity index (χ3n) is 4.62. The zero-order valence-corrected chi connectivity index (χ0v) is 17.9. The number of amides is 1. The van der Waals surface area contributed by atoms with Gasteiger partial charge < -0.3 is 19.5 Å². The molecule has 0 fully saturated rings. The fourth-order valence-corrected chi connectivity index (χ4v) is 3.30. The van der Waals surface area contributed by atoms with Crippen molar-refractivity contribution in [3.63, 3.8) is 0 Å². The standard InChI is InChI=1S/C24H24ClNO4/c1-4-30-23(16-9-12-18(25)13-10-16)24(27)26-20-8-6-5-7-19(20)17-11-14-21(28-2)22(15-17)29-3/h5-15,23H,4H2,1-3H3,(H,26,27). The fourth-order valence-electron chi connectivity index (χ4n) is 3.17. The second kappa shape index (κ2) is 10.1. The summed E-state index contributed by atoms with van der Waals surface area (Å²) in [6, 6.07) is 20.3. The molecule has 1 unspecified atom stereocenters. The molecule has 0 heterocycles. The molecule has 3 aromatic carbocycles. The van der Waals surface area contributed by atoms with Gasteiger partial charge in [-0.25, -0.2) is 0 Å². The van der Waals surface area contributed by atoms with Crippen molar-refractivity contribution in [2.24, 2.45) is 0 Å². The number of carbonyl (C=O) groups is 1. The summed E-state index contributed by atoms with van der Waals surface area (Å²) in [5, 5.41) is 3.61. The Morgan fingerprint density at radius 1 is 0.967 bits per heavy atom. The molecule has 6 heteroatoms. The molecule has 0 saturated heterocycles. The lowest BCUT2D eigenvalue weighted by Crippen LogP contribution is -2.24. The van der Waals surface area contributed by atoms with E-state index in [4.69, 9.17) is 25.8 Å². The van der Waals surface area contributed by atoms with Gasteiger partial charge in [-0.3, -0.25) is 4.79 Å². The van der Waals surface area contributed by atoms with Gasteiger partial charge in [0.15, 0.2) is 17.6 Å². The Hall–Kier alpha value is -3.02. The van der Waals surface area contributed by atoms with Gasteiger partial charge in [-0.1, -0.05) is 48.0 Å². The average Bonchev–Trinajstić information content (AvgIpc) is 2.78. The highest BCUT2D eigenvalue weighted by Crippen LogP contribution is 2.35. The van der Waals surface area contributed by atoms with Gasteiger partial charge in [0.25, 0.3) is 5.91 Å². The van der Waals surface area contributed by atoms with Crippen molar-refractivity contribution >= 4 is 23.2 Å². The summed E-state index contributed by atoms with van der Waals surface area (Å²) < 4.78 is 16.5. The molecule has 0 spiro atoms. The molecule has 0 aliphatic heterocycles. The highest BCUT2D eigenvalue weighted by molar-refractivity contribution is 6.30. The summed E-state index contributed by atoms with van der Waals surface area (Å²) in [6.45, 7) is 2.26. The van der Waals surface area contributed by atoms with E-state index in [-0.39, 0.29) is 5.91 Å². The van der Waals surface area contributed by atoms with Crippen LogP contribution >= 0.6 is 11.6 Å². The van der Waals surface area contributed by atoms with Gasteiger partial charge in [-0.05, 0) is 48.4 Å². The van der Waals surface area contributed by atoms with Crippen LogP contribution in [0.4, 0.5) is 5.69 Å². The fraction of sp³-hybridized carbons (Fsp3) is 0.208. The van der Waals surface area contributed by atoms with Gasteiger partial charge >= 0.3 is 0 Å². The Morgan fingerprint density at radius 3 is 2.33 bits per heavy atom. The van der Waals surface area contributed by atoms with Crippen molar-refractivity contribution in [3.05, 3.63) is 77.3 Å². The van der Waals surface area contributed by atoms with Gasteiger partial charge in [0.05, 0.1) is 14.2 Å². The van der Waals surface area contributed by atoms with Crippen LogP contribution in [0.2, 0.25) is 5.02 Å². The molecule has 0 aliphatic rings. The summed E-state index contributed by atoms with van der Waals surface area (Å²) >= 11 is 5.98. The van der Waals surface area contributed by atoms with Crippen LogP contribution < -0.4 is 14.8 Å². The highest BCUT2D eigenvalue weighted by Gasteiger charge is 2.22. The van der Waals surface area contributed by atoms with Crippen LogP contribution in [0, 0.1) is 0 Å². The molecule has 1 N–H and O–H groups in total. The number of hydrogen-bond donors (Lipinski definition) is 1. The lowest BCUT2D eigenvalue weighted by atomic mass is 10.0. The monoisotopic (exact) mass is 425 g/mol. The molecule has 1 amide bonds. The van der Waals surface area contributed by atoms with Crippen LogP contribution in [0.15, 0.2) is 66.7 Å². The van der Waals surface area contributed by atoms with Gasteiger partial charge in [0, 0.05) is 22.9 Å². The second-order valence-electron chi connectivity index (χ2n) is 6.49. The summed E-state index contributed by atoms with van der Waals surface area (Å²) in [4.78, 5) is 13.1. The number of nitrogens with one attached hydrogen (secondary N) is 1. The zero-order chi connectivity index (χ0) is 21.5. The molecule has 156 valence electrons. The molecular weight excluding hydrogens is 402 g/mol. The van der Waals surface area contributed by atoms with Crippen LogP contribution in [0.3, 0.4) is 0 Å². The molecule has 0 radical (unpaired) electrons. The number of carbonyl (C=O) groups excluding carboxylic acids is 1. The predicted octanol–water partition coefficient (Wildman–Crippen LogP) is 5.74. The minimum Gasteiger partial charge on any atom is -0.493 e. The first-order valence-electron chi connectivity index (χ1n) is 9.56. The van der Waals surface area contributed by atoms with Crippen LogP contribution in [0.25, 0.3) is 11.1 Å². The molecule has 0 bridgehead atoms. The number of anilines is 1. The number of methoxy groups -OCH3 is 2. The highest BCUT2D eigenvalue weighted by atomic mass is 35.5. The summed E-state index contributed by atoms with van der Waals surface area (Å²) in [5.41, 5.74) is 3.16. The molecule has 3 aromatic rings. The van der Waals surface area contributed by atoms with E-state index in [2.05, 4.69) is 5.32 Å². The van der Waals surface area contributed by atoms with E-state index in [0.717, 1.165) is 16.7 Å². The molecule has 5 nitrogen and oxygen atoms in total. The van der Waals surface area contributed by atoms with Crippen molar-refractivity contribution in [1.82, 2.24) is 0 Å². The number of halogens is 1. The van der Waals surface area contributed by atoms with Crippen molar-refractivity contribution in [1.29, 1.82) is 0 Å². The van der Waals surface area contributed by atoms with E-state index in [9.17, 15) is 4.79 Å². The Bertz CT molecular complexity index is 1000. The maximum absolute atomic E-state index is 13.1. The molecule has 0 aliphatic carbocycles. The normalized spacial score (nSPS) is 11.6. The molecule has 0 saturated carbocycles. The van der Waals surface area contributed by atoms with Crippen molar-refractivity contribution in [2.75, 3.05) is 26.1 Å². The number of rotatable bonds is 8. The quantitative estimate of drug-likeness (QED) is 0.500. The largest absolute Gasteiger partial charge is 0.493 e. The van der Waals surface area contributed by atoms with E-state index in [1.165, 1.54) is 0 Å². The predicted molar refractivity (Wildman–Crippen MR) is 119 cm³/mol. The van der Waals surface area contributed by atoms with Gasteiger partial charge in [0.2, 0.25) is 0 Å². The Kier molecular flexibility index (Phi) is 7.33. The summed E-state index contributed by atoms with van der Waals surface area (Å²) in [7, 11) is 3.18. The molecule has 3 rings (SSSR count). The maximum Gasteiger partial charge on any atom is 0.258 e. The number of benzene rings is 3. The minimum absolute atomic E-state index is 0.257. The SMILES string of the molecule is CCOC(C(=O)Nc1ccccc1-c1ccc(OC)c(OC)c1)c1ccc(Cl)cc1. The van der Waals surface area contributed by atoms with E-state index >= 15 is 0 Å². The average molecular weight is 426 g/mol. The van der Waals surface area contributed by atoms with Crippen LogP contribution in [-0.2, 0) is 9.53 Å². The maximum atomic E-state index is 13.1. The number of para-hydroxylation sites is 1. The van der Waals surface area contributed by atoms with Gasteiger partial charge in [-0.2, -0.15) is 0 Å². The Labute approximate surface area is 181 Å². The third-order valence-corrected chi connectivity index (χ3v) is 4.88. The summed E-state index contributed by atoms with van der Waals surface area (Å²) in [5.74, 6) is 0.999. The first kappa shape index (κ1) is 21.7. The van der Waals surface area contributed by atoms with Crippen LogP contribution in [-0.4, -0.2) is 26.7 Å². The lowest BCUT2D eigenvalue weighted by molar-refractivity contribution is -0.127. The third kappa shape index (κ3) is 4.93. The number of hydrogen-bond acceptors (Lipinski definition) is 4. The Morgan fingerprint density at radius 2 is 1.67 bits per heavy atom. The van der Waals surface area contributed by atoms with Crippen molar-refractivity contribution in [3.8, 4) is 22.6 Å². The molecule has 30 heavy (non-hydrogen) atoms. The van der Waals surface area contributed by atoms with E-state index in [1.54, 1.807) is 38.5 Å². The Balaban J connectivity index is 1.91. The van der Waals surface area contributed by atoms with E-state index < -0.39 is 6.10 Å². The minimum atomic E-state index is -0.745. The molecular formula is C24H24ClNO4. The van der Waals surface area contributed by atoms with Crippen LogP contribution in [0.1, 0.15) is 18.6 Å². The lowest BCUT2D eigenvalue weighted by Gasteiger charge is -2.19. The second-order valence-corrected chi connectivity index (χ2v) is 6.93. The number of ether oxygens (including phenoxy) is 3. The summed E-state index contributed by atoms with van der Waals surface area (Å²) in [6.07, 6.45) is -0.745. The smallest absolute Gasteiger partial charge is 0.258 e. The van der Waals surface area contributed by atoms with Gasteiger partial charge in [-0.15, -0.1) is 0 Å². The molecule has 0 aromatic heterocycles.